The summed E-state index contributed by atoms with van der Waals surface area (Å²) in [6.07, 6.45) is -4.41. The van der Waals surface area contributed by atoms with Crippen molar-refractivity contribution in [1.82, 2.24) is 14.7 Å². The second kappa shape index (κ2) is 13.5. The molecule has 2 aliphatic rings. The first kappa shape index (κ1) is 31.1. The fourth-order valence-electron chi connectivity index (χ4n) is 5.57. The molecule has 9 nitrogen and oxygen atoms in total. The number of hydrogen-bond donors (Lipinski definition) is 1. The van der Waals surface area contributed by atoms with Crippen LogP contribution in [0.4, 0.5) is 18.0 Å². The van der Waals surface area contributed by atoms with Gasteiger partial charge in [0.15, 0.2) is 0 Å². The number of nitrogens with two attached hydrogens (primary N) is 1. The van der Waals surface area contributed by atoms with E-state index in [0.29, 0.717) is 43.7 Å². The number of unbranched alkanes of at least 4 members (excludes halogenated alkanes) is 1. The second-order valence-corrected chi connectivity index (χ2v) is 10.5. The summed E-state index contributed by atoms with van der Waals surface area (Å²) in [5.41, 5.74) is 6.24. The van der Waals surface area contributed by atoms with E-state index in [1.165, 1.54) is 22.8 Å². The van der Waals surface area contributed by atoms with Gasteiger partial charge in [-0.2, -0.15) is 13.2 Å². The molecule has 4 rings (SSSR count). The van der Waals surface area contributed by atoms with Gasteiger partial charge in [-0.05, 0) is 63.4 Å². The smallest absolute Gasteiger partial charge is 0.416 e. The van der Waals surface area contributed by atoms with E-state index in [4.69, 9.17) is 15.2 Å². The second-order valence-electron chi connectivity index (χ2n) is 10.5. The Kier molecular flexibility index (Phi) is 9.97. The zero-order valence-corrected chi connectivity index (χ0v) is 23.9. The summed E-state index contributed by atoms with van der Waals surface area (Å²) in [6.45, 7) is 4.25. The molecule has 2 aromatic carbocycles. The van der Waals surface area contributed by atoms with Gasteiger partial charge in [0.05, 0.1) is 18.7 Å². The summed E-state index contributed by atoms with van der Waals surface area (Å²) >= 11 is 0. The van der Waals surface area contributed by atoms with Crippen LogP contribution < -0.4 is 10.5 Å². The first-order valence-electron chi connectivity index (χ1n) is 14.1. The van der Waals surface area contributed by atoms with Crippen LogP contribution in [0.15, 0.2) is 42.5 Å². The third-order valence-electron chi connectivity index (χ3n) is 7.48. The van der Waals surface area contributed by atoms with E-state index in [2.05, 4.69) is 0 Å². The van der Waals surface area contributed by atoms with Crippen LogP contribution in [0.5, 0.6) is 5.75 Å². The monoisotopic (exact) mass is 590 g/mol. The zero-order chi connectivity index (χ0) is 30.4. The van der Waals surface area contributed by atoms with Gasteiger partial charge >= 0.3 is 12.3 Å². The molecule has 0 spiro atoms. The van der Waals surface area contributed by atoms with Gasteiger partial charge in [-0.25, -0.2) is 4.79 Å². The number of fused-ring (bicyclic) bond motifs is 1. The molecule has 2 N–H and O–H groups in total. The summed E-state index contributed by atoms with van der Waals surface area (Å²) < 4.78 is 51.1. The molecule has 0 radical (unpaired) electrons. The number of carbonyl (C=O) groups is 3. The van der Waals surface area contributed by atoms with Gasteiger partial charge in [-0.15, -0.1) is 0 Å². The molecular formula is C30H37F3N4O5. The van der Waals surface area contributed by atoms with Gasteiger partial charge in [-0.1, -0.05) is 29.8 Å². The summed E-state index contributed by atoms with van der Waals surface area (Å²) in [5.74, 6) is 0.179. The lowest BCUT2D eigenvalue weighted by atomic mass is 9.98. The van der Waals surface area contributed by atoms with E-state index < -0.39 is 30.0 Å². The highest BCUT2D eigenvalue weighted by molar-refractivity contribution is 5.90. The van der Waals surface area contributed by atoms with E-state index in [0.717, 1.165) is 17.7 Å². The van der Waals surface area contributed by atoms with Gasteiger partial charge < -0.3 is 25.0 Å². The molecule has 0 bridgehead atoms. The molecule has 0 saturated carbocycles. The van der Waals surface area contributed by atoms with Crippen molar-refractivity contribution in [1.29, 1.82) is 0 Å². The summed E-state index contributed by atoms with van der Waals surface area (Å²) in [7, 11) is 0. The molecule has 2 atom stereocenters. The zero-order valence-electron chi connectivity index (χ0n) is 23.9. The molecule has 2 aromatic rings. The van der Waals surface area contributed by atoms with Crippen LogP contribution in [0.2, 0.25) is 0 Å². The van der Waals surface area contributed by atoms with E-state index >= 15 is 0 Å². The Labute approximate surface area is 243 Å². The van der Waals surface area contributed by atoms with E-state index in [-0.39, 0.29) is 50.0 Å². The van der Waals surface area contributed by atoms with Crippen LogP contribution in [0, 0.1) is 6.92 Å². The van der Waals surface area contributed by atoms with Gasteiger partial charge in [0, 0.05) is 25.1 Å². The van der Waals surface area contributed by atoms with Crippen LogP contribution in [0.1, 0.15) is 54.9 Å². The molecule has 12 heteroatoms. The number of piperazine rings is 1. The third-order valence-corrected chi connectivity index (χ3v) is 7.48. The lowest BCUT2D eigenvalue weighted by Gasteiger charge is -2.52. The van der Waals surface area contributed by atoms with Crippen molar-refractivity contribution in [3.05, 3.63) is 64.7 Å². The maximum atomic E-state index is 13.8. The molecule has 2 fully saturated rings. The molecule has 3 amide bonds. The Hall–Kier alpha value is -3.80. The average molecular weight is 591 g/mol. The van der Waals surface area contributed by atoms with Crippen molar-refractivity contribution in [3.8, 4) is 5.75 Å². The highest BCUT2D eigenvalue weighted by atomic mass is 19.4. The van der Waals surface area contributed by atoms with Gasteiger partial charge in [-0.3, -0.25) is 14.5 Å². The normalized spacial score (nSPS) is 19.1. The number of rotatable bonds is 10. The largest absolute Gasteiger partial charge is 0.494 e. The van der Waals surface area contributed by atoms with Crippen LogP contribution in [0.25, 0.3) is 0 Å². The molecule has 0 aliphatic carbocycles. The van der Waals surface area contributed by atoms with Gasteiger partial charge in [0.2, 0.25) is 11.8 Å². The summed E-state index contributed by atoms with van der Waals surface area (Å²) in [4.78, 5) is 44.8. The van der Waals surface area contributed by atoms with Gasteiger partial charge in [0.25, 0.3) is 0 Å². The number of aryl methyl sites for hydroxylation is 1. The van der Waals surface area contributed by atoms with E-state index in [1.54, 1.807) is 4.90 Å². The number of para-hydroxylation sites is 1. The number of carbonyl (C=O) groups excluding carboxylic acids is 3. The molecule has 0 unspecified atom stereocenters. The predicted molar refractivity (Wildman–Crippen MR) is 148 cm³/mol. The average Bonchev–Trinajstić information content (AvgIpc) is 2.94. The standard InChI is InChI=1S/C30H37F3N4O5/c1-3-41-25-10-5-4-8-22(25)17-35-18-26-36(13-11-27(38)37(26)24(28(35)39)9-6-7-12-34)29(40)42-19-21-14-20(2)15-23(16-21)30(31,32)33/h4-5,8,10,14-16,24,26H,3,6-7,9,11-13,17-19,34H2,1-2H3/t24-,26+/m0/s1. The minimum Gasteiger partial charge on any atom is -0.494 e. The van der Waals surface area contributed by atoms with E-state index in [9.17, 15) is 27.6 Å². The van der Waals surface area contributed by atoms with E-state index in [1.807, 2.05) is 31.2 Å². The molecule has 0 aromatic heterocycles. The minimum atomic E-state index is -4.53. The molecule has 2 aliphatic heterocycles. The van der Waals surface area contributed by atoms with Crippen LogP contribution in [-0.2, 0) is 33.7 Å². The SMILES string of the molecule is CCOc1ccccc1CN1C[C@@H]2N(C(=O)OCc3cc(C)cc(C(F)(F)F)c3)CCC(=O)N2[C@@H](CCCCN)C1=O. The molecule has 2 heterocycles. The molecule has 228 valence electrons. The first-order valence-corrected chi connectivity index (χ1v) is 14.1. The van der Waals surface area contributed by atoms with Crippen molar-refractivity contribution in [2.24, 2.45) is 5.73 Å². The maximum absolute atomic E-state index is 13.8. The topological polar surface area (TPSA) is 105 Å². The van der Waals surface area contributed by atoms with Crippen molar-refractivity contribution >= 4 is 17.9 Å². The van der Waals surface area contributed by atoms with Crippen LogP contribution in [-0.4, -0.2) is 71.1 Å². The number of amides is 3. The van der Waals surface area contributed by atoms with Crippen LogP contribution in [0.3, 0.4) is 0 Å². The molecule has 42 heavy (non-hydrogen) atoms. The summed E-state index contributed by atoms with van der Waals surface area (Å²) in [5, 5.41) is 0. The lowest BCUT2D eigenvalue weighted by molar-refractivity contribution is -0.169. The van der Waals surface area contributed by atoms with Crippen molar-refractivity contribution in [3.63, 3.8) is 0 Å². The fourth-order valence-corrected chi connectivity index (χ4v) is 5.57. The Morgan fingerprint density at radius 2 is 1.88 bits per heavy atom. The number of ether oxygens (including phenoxy) is 2. The minimum absolute atomic E-state index is 0.00209. The van der Waals surface area contributed by atoms with Gasteiger partial charge in [0.1, 0.15) is 24.6 Å². The number of halogens is 3. The molecule has 2 saturated heterocycles. The van der Waals surface area contributed by atoms with Crippen LogP contribution >= 0.6 is 0 Å². The number of nitrogens with zero attached hydrogens (tertiary/aromatic N) is 3. The van der Waals surface area contributed by atoms with Crippen molar-refractivity contribution in [2.45, 2.75) is 71.1 Å². The quantitative estimate of drug-likeness (QED) is 0.410. The number of hydrogen-bond acceptors (Lipinski definition) is 6. The van der Waals surface area contributed by atoms with Crippen molar-refractivity contribution in [2.75, 3.05) is 26.2 Å². The summed E-state index contributed by atoms with van der Waals surface area (Å²) in [6, 6.07) is 10.1. The first-order chi connectivity index (χ1) is 20.0. The Morgan fingerprint density at radius 1 is 1.12 bits per heavy atom. The highest BCUT2D eigenvalue weighted by Gasteiger charge is 2.49. The fraction of sp³-hybridized carbons (Fsp3) is 0.500. The Bertz CT molecular complexity index is 1290. The highest BCUT2D eigenvalue weighted by Crippen LogP contribution is 2.32. The molecular weight excluding hydrogens is 553 g/mol. The van der Waals surface area contributed by atoms with Crippen molar-refractivity contribution < 1.29 is 37.0 Å². The Balaban J connectivity index is 1.58. The Morgan fingerprint density at radius 3 is 2.60 bits per heavy atom. The lowest BCUT2D eigenvalue weighted by Crippen LogP contribution is -2.71. The number of alkyl halides is 3. The number of benzene rings is 2. The maximum Gasteiger partial charge on any atom is 0.416 e. The predicted octanol–water partition coefficient (Wildman–Crippen LogP) is 4.45. The third kappa shape index (κ3) is 7.15.